The summed E-state index contributed by atoms with van der Waals surface area (Å²) in [5.74, 6) is -0.756. The largest absolute Gasteiger partial charge is 0.492 e. The maximum Gasteiger partial charge on any atom is 0.241 e. The van der Waals surface area contributed by atoms with Crippen molar-refractivity contribution in [1.82, 2.24) is 15.0 Å². The molecule has 0 saturated carbocycles. The summed E-state index contributed by atoms with van der Waals surface area (Å²) in [5, 5.41) is 18.1. The van der Waals surface area contributed by atoms with Gasteiger partial charge in [-0.3, -0.25) is 4.79 Å². The van der Waals surface area contributed by atoms with E-state index in [-0.39, 0.29) is 22.5 Å². The quantitative estimate of drug-likeness (QED) is 0.665. The molecule has 0 atom stereocenters. The Morgan fingerprint density at radius 2 is 2.07 bits per heavy atom. The molecule has 0 aliphatic heterocycles. The van der Waals surface area contributed by atoms with E-state index in [1.807, 2.05) is 0 Å². The number of nitrogens with zero attached hydrogens (tertiary/aromatic N) is 3. The van der Waals surface area contributed by atoms with Crippen LogP contribution in [0, 0.1) is 0 Å². The van der Waals surface area contributed by atoms with Gasteiger partial charge in [0.2, 0.25) is 5.88 Å². The van der Waals surface area contributed by atoms with Crippen molar-refractivity contribution in [1.29, 1.82) is 0 Å². The van der Waals surface area contributed by atoms with Crippen LogP contribution in [0.25, 0.3) is 11.0 Å². The molecule has 0 bridgehead atoms. The number of aromatic nitrogens is 3. The molecular formula is C9H7N3O3. The van der Waals surface area contributed by atoms with E-state index in [9.17, 15) is 9.90 Å². The summed E-state index contributed by atoms with van der Waals surface area (Å²) in [4.78, 5) is 22.6. The van der Waals surface area contributed by atoms with Crippen LogP contribution in [-0.2, 0) is 0 Å². The van der Waals surface area contributed by atoms with Crippen LogP contribution in [-0.4, -0.2) is 37.6 Å². The second-order valence-electron chi connectivity index (χ2n) is 2.83. The van der Waals surface area contributed by atoms with Crippen LogP contribution in [0.5, 0.6) is 5.88 Å². The summed E-state index contributed by atoms with van der Waals surface area (Å²) in [6, 6.07) is 1.44. The van der Waals surface area contributed by atoms with Gasteiger partial charge < -0.3 is 10.2 Å². The van der Waals surface area contributed by atoms with Gasteiger partial charge in [-0.05, 0) is 6.07 Å². The van der Waals surface area contributed by atoms with E-state index in [0.29, 0.717) is 0 Å². The number of hydrogen-bond acceptors (Lipinski definition) is 6. The lowest BCUT2D eigenvalue weighted by molar-refractivity contribution is 0.0905. The summed E-state index contributed by atoms with van der Waals surface area (Å²) in [5.41, 5.74) is 0.612. The van der Waals surface area contributed by atoms with Crippen LogP contribution in [0.3, 0.4) is 0 Å². The maximum atomic E-state index is 11.3. The van der Waals surface area contributed by atoms with E-state index in [0.717, 1.165) is 6.33 Å². The third-order valence-corrected chi connectivity index (χ3v) is 1.95. The lowest BCUT2D eigenvalue weighted by Crippen LogP contribution is -2.06. The van der Waals surface area contributed by atoms with Crippen LogP contribution >= 0.6 is 0 Å². The standard InChI is InChI=1S/C9H7N3O3/c13-3-6(14)5-1-2-10-8-7(5)11-4-12-9(8)15/h1-2,4,13H,3H2,(H,11,12,15). The number of carbonyl (C=O) groups excluding carboxylic acids is 1. The lowest BCUT2D eigenvalue weighted by Gasteiger charge is -2.02. The van der Waals surface area contributed by atoms with Gasteiger partial charge in [-0.15, -0.1) is 0 Å². The van der Waals surface area contributed by atoms with Crippen molar-refractivity contribution in [3.8, 4) is 5.88 Å². The van der Waals surface area contributed by atoms with Crippen LogP contribution in [0.15, 0.2) is 18.6 Å². The van der Waals surface area contributed by atoms with Crippen LogP contribution in [0.2, 0.25) is 0 Å². The first-order chi connectivity index (χ1) is 7.24. The molecule has 2 rings (SSSR count). The Bertz CT molecular complexity index is 527. The molecular weight excluding hydrogens is 198 g/mol. The Balaban J connectivity index is 2.77. The fraction of sp³-hybridized carbons (Fsp3) is 0.111. The minimum absolute atomic E-state index is 0.150. The number of aliphatic hydroxyl groups excluding tert-OH is 1. The first-order valence-corrected chi connectivity index (χ1v) is 4.16. The van der Waals surface area contributed by atoms with Gasteiger partial charge in [0.15, 0.2) is 11.3 Å². The fourth-order valence-corrected chi connectivity index (χ4v) is 1.26. The van der Waals surface area contributed by atoms with Crippen molar-refractivity contribution in [2.24, 2.45) is 0 Å². The summed E-state index contributed by atoms with van der Waals surface area (Å²) < 4.78 is 0. The van der Waals surface area contributed by atoms with E-state index in [4.69, 9.17) is 5.11 Å². The third-order valence-electron chi connectivity index (χ3n) is 1.95. The van der Waals surface area contributed by atoms with E-state index in [1.165, 1.54) is 12.3 Å². The number of fused-ring (bicyclic) bond motifs is 1. The zero-order valence-corrected chi connectivity index (χ0v) is 7.58. The van der Waals surface area contributed by atoms with E-state index in [2.05, 4.69) is 15.0 Å². The Hall–Kier alpha value is -2.08. The number of hydrogen-bond donors (Lipinski definition) is 2. The molecule has 0 radical (unpaired) electrons. The highest BCUT2D eigenvalue weighted by Gasteiger charge is 2.12. The van der Waals surface area contributed by atoms with Crippen LogP contribution < -0.4 is 0 Å². The van der Waals surface area contributed by atoms with Crippen molar-refractivity contribution in [2.75, 3.05) is 6.61 Å². The minimum atomic E-state index is -0.607. The third kappa shape index (κ3) is 1.50. The highest BCUT2D eigenvalue weighted by atomic mass is 16.3. The topological polar surface area (TPSA) is 96.2 Å². The molecule has 2 aromatic heterocycles. The SMILES string of the molecule is O=C(CO)c1ccnc2c(O)ncnc12. The van der Waals surface area contributed by atoms with Crippen molar-refractivity contribution >= 4 is 16.8 Å². The highest BCUT2D eigenvalue weighted by Crippen LogP contribution is 2.20. The van der Waals surface area contributed by atoms with Gasteiger partial charge in [-0.1, -0.05) is 0 Å². The Morgan fingerprint density at radius 3 is 2.80 bits per heavy atom. The molecule has 15 heavy (non-hydrogen) atoms. The first kappa shape index (κ1) is 9.47. The predicted octanol–water partition coefficient (Wildman–Crippen LogP) is -0.0946. The van der Waals surface area contributed by atoms with Crippen molar-refractivity contribution in [3.63, 3.8) is 0 Å². The number of carbonyl (C=O) groups is 1. The second kappa shape index (κ2) is 3.58. The number of rotatable bonds is 2. The normalized spacial score (nSPS) is 10.5. The molecule has 0 aromatic carbocycles. The van der Waals surface area contributed by atoms with E-state index in [1.54, 1.807) is 0 Å². The molecule has 2 heterocycles. The van der Waals surface area contributed by atoms with Gasteiger partial charge in [0, 0.05) is 11.8 Å². The Kier molecular flexibility index (Phi) is 2.26. The van der Waals surface area contributed by atoms with Gasteiger partial charge in [0.05, 0.1) is 0 Å². The molecule has 0 aliphatic carbocycles. The van der Waals surface area contributed by atoms with Crippen LogP contribution in [0.1, 0.15) is 10.4 Å². The van der Waals surface area contributed by atoms with Crippen molar-refractivity contribution in [2.45, 2.75) is 0 Å². The Labute approximate surface area is 84.3 Å². The number of aliphatic hydroxyl groups is 1. The number of pyridine rings is 1. The van der Waals surface area contributed by atoms with Gasteiger partial charge in [0.25, 0.3) is 0 Å². The highest BCUT2D eigenvalue weighted by molar-refractivity contribution is 6.06. The molecule has 2 aromatic rings. The number of ketones is 1. The number of Topliss-reactive ketones (excluding diaryl/α,β-unsaturated/α-hetero) is 1. The molecule has 0 amide bonds. The van der Waals surface area contributed by atoms with Gasteiger partial charge in [-0.2, -0.15) is 0 Å². The average molecular weight is 205 g/mol. The molecule has 6 heteroatoms. The van der Waals surface area contributed by atoms with Gasteiger partial charge >= 0.3 is 0 Å². The summed E-state index contributed by atoms with van der Waals surface area (Å²) in [7, 11) is 0. The second-order valence-corrected chi connectivity index (χ2v) is 2.83. The molecule has 0 spiro atoms. The smallest absolute Gasteiger partial charge is 0.241 e. The van der Waals surface area contributed by atoms with E-state index >= 15 is 0 Å². The summed E-state index contributed by atoms with van der Waals surface area (Å²) in [6.07, 6.45) is 2.49. The number of aromatic hydroxyl groups is 1. The molecule has 0 unspecified atom stereocenters. The lowest BCUT2D eigenvalue weighted by atomic mass is 10.1. The molecule has 0 aliphatic rings. The molecule has 2 N–H and O–H groups in total. The first-order valence-electron chi connectivity index (χ1n) is 4.16. The zero-order valence-electron chi connectivity index (χ0n) is 7.58. The average Bonchev–Trinajstić information content (AvgIpc) is 2.28. The molecule has 76 valence electrons. The fourth-order valence-electron chi connectivity index (χ4n) is 1.26. The molecule has 6 nitrogen and oxygen atoms in total. The Morgan fingerprint density at radius 1 is 1.27 bits per heavy atom. The van der Waals surface area contributed by atoms with Crippen LogP contribution in [0.4, 0.5) is 0 Å². The minimum Gasteiger partial charge on any atom is -0.492 e. The van der Waals surface area contributed by atoms with Crippen molar-refractivity contribution in [3.05, 3.63) is 24.2 Å². The predicted molar refractivity (Wildman–Crippen MR) is 50.4 cm³/mol. The molecule has 0 fully saturated rings. The summed E-state index contributed by atoms with van der Waals surface area (Å²) >= 11 is 0. The van der Waals surface area contributed by atoms with Gasteiger partial charge in [0.1, 0.15) is 18.5 Å². The molecule has 0 saturated heterocycles. The zero-order chi connectivity index (χ0) is 10.8. The van der Waals surface area contributed by atoms with E-state index < -0.39 is 12.4 Å². The van der Waals surface area contributed by atoms with Crippen molar-refractivity contribution < 1.29 is 15.0 Å². The van der Waals surface area contributed by atoms with Gasteiger partial charge in [-0.25, -0.2) is 15.0 Å². The monoisotopic (exact) mass is 205 g/mol. The maximum absolute atomic E-state index is 11.3. The summed E-state index contributed by atoms with van der Waals surface area (Å²) in [6.45, 7) is -0.607.